The predicted octanol–water partition coefficient (Wildman–Crippen LogP) is -0.889. The van der Waals surface area contributed by atoms with Crippen LogP contribution in [-0.2, 0) is 18.9 Å². The molecule has 0 aliphatic rings. The lowest BCUT2D eigenvalue weighted by molar-refractivity contribution is -0.164. The second kappa shape index (κ2) is 15.7. The molecular formula is C11H28O8. The number of ether oxygens (including phenoxy) is 4. The minimum absolute atomic E-state index is 0. The van der Waals surface area contributed by atoms with Crippen LogP contribution in [-0.4, -0.2) is 74.0 Å². The minimum atomic E-state index is -0.822. The normalized spacial score (nSPS) is 10.7. The number of aliphatic hydroxyl groups excluding tert-OH is 4. The molecule has 0 aromatic heterocycles. The predicted molar refractivity (Wildman–Crippen MR) is 68.0 cm³/mol. The van der Waals surface area contributed by atoms with Crippen LogP contribution in [0.15, 0.2) is 0 Å². The van der Waals surface area contributed by atoms with Gasteiger partial charge in [0.05, 0.1) is 31.8 Å². The van der Waals surface area contributed by atoms with E-state index in [1.54, 1.807) is 0 Å². The summed E-state index contributed by atoms with van der Waals surface area (Å²) in [5.41, 5.74) is -0.822. The van der Waals surface area contributed by atoms with Crippen molar-refractivity contribution in [2.75, 3.05) is 53.6 Å². The molecule has 120 valence electrons. The van der Waals surface area contributed by atoms with Crippen LogP contribution < -0.4 is 0 Å². The zero-order chi connectivity index (χ0) is 13.0. The highest BCUT2D eigenvalue weighted by atomic mass is 16.6. The highest BCUT2D eigenvalue weighted by Gasteiger charge is 2.32. The van der Waals surface area contributed by atoms with Crippen molar-refractivity contribution in [3.05, 3.63) is 0 Å². The van der Waals surface area contributed by atoms with Gasteiger partial charge in [-0.15, -0.1) is 0 Å². The maximum Gasteiger partial charge on any atom is 0.143 e. The van der Waals surface area contributed by atoms with Gasteiger partial charge >= 0.3 is 0 Å². The van der Waals surface area contributed by atoms with Gasteiger partial charge < -0.3 is 39.4 Å². The van der Waals surface area contributed by atoms with Gasteiger partial charge in [0.2, 0.25) is 0 Å². The molecule has 0 heterocycles. The van der Waals surface area contributed by atoms with Crippen LogP contribution in [0, 0.1) is 5.41 Å². The molecule has 0 aliphatic heterocycles. The fraction of sp³-hybridized carbons (Fsp3) is 1.00. The Kier molecular flexibility index (Phi) is 19.7. The highest BCUT2D eigenvalue weighted by Crippen LogP contribution is 2.20. The maximum atomic E-state index is 8.61. The van der Waals surface area contributed by atoms with Crippen molar-refractivity contribution in [1.29, 1.82) is 0 Å². The molecule has 0 fully saturated rings. The zero-order valence-electron chi connectivity index (χ0n) is 9.58. The molecule has 0 amide bonds. The van der Waals surface area contributed by atoms with Gasteiger partial charge in [-0.05, 0) is 0 Å². The van der Waals surface area contributed by atoms with Crippen molar-refractivity contribution in [1.82, 2.24) is 0 Å². The van der Waals surface area contributed by atoms with Gasteiger partial charge in [0.15, 0.2) is 0 Å². The van der Waals surface area contributed by atoms with Gasteiger partial charge in [-0.2, -0.15) is 0 Å². The average Bonchev–Trinajstić information content (AvgIpc) is 2.37. The molecule has 0 aromatic rings. The molecule has 19 heavy (non-hydrogen) atoms. The van der Waals surface area contributed by atoms with E-state index in [-0.39, 0.29) is 41.3 Å². The Morgan fingerprint density at radius 2 is 0.737 bits per heavy atom. The van der Waals surface area contributed by atoms with Gasteiger partial charge in [-0.1, -0.05) is 14.9 Å². The first-order valence-electron chi connectivity index (χ1n) is 4.99. The van der Waals surface area contributed by atoms with Crippen LogP contribution in [0.25, 0.3) is 0 Å². The summed E-state index contributed by atoms with van der Waals surface area (Å²) < 4.78 is 19.4. The van der Waals surface area contributed by atoms with Crippen LogP contribution in [0.2, 0.25) is 0 Å². The van der Waals surface area contributed by atoms with Crippen LogP contribution >= 0.6 is 0 Å². The minimum Gasteiger partial charge on any atom is -0.371 e. The molecule has 8 nitrogen and oxygen atoms in total. The molecule has 0 saturated carbocycles. The third kappa shape index (κ3) is 11.2. The number of hydrogen-bond acceptors (Lipinski definition) is 8. The second-order valence-electron chi connectivity index (χ2n) is 3.41. The van der Waals surface area contributed by atoms with Crippen molar-refractivity contribution < 1.29 is 39.4 Å². The van der Waals surface area contributed by atoms with Crippen molar-refractivity contribution in [2.45, 2.75) is 14.9 Å². The molecule has 0 unspecified atom stereocenters. The van der Waals surface area contributed by atoms with Crippen LogP contribution in [0.1, 0.15) is 14.9 Å². The van der Waals surface area contributed by atoms with E-state index in [1.807, 2.05) is 0 Å². The third-order valence-corrected chi connectivity index (χ3v) is 2.00. The Bertz CT molecular complexity index is 129. The van der Waals surface area contributed by atoms with Crippen LogP contribution in [0.3, 0.4) is 0 Å². The summed E-state index contributed by atoms with van der Waals surface area (Å²) in [6, 6.07) is 0. The summed E-state index contributed by atoms with van der Waals surface area (Å²) in [5, 5.41) is 34.5. The van der Waals surface area contributed by atoms with E-state index in [2.05, 4.69) is 0 Å². The topological polar surface area (TPSA) is 118 Å². The van der Waals surface area contributed by atoms with Crippen LogP contribution in [0.5, 0.6) is 0 Å². The third-order valence-electron chi connectivity index (χ3n) is 2.00. The molecule has 4 N–H and O–H groups in total. The molecular weight excluding hydrogens is 260 g/mol. The Labute approximate surface area is 114 Å². The molecule has 0 rings (SSSR count). The molecule has 0 radical (unpaired) electrons. The molecule has 0 bridgehead atoms. The molecule has 0 spiro atoms. The Morgan fingerprint density at radius 1 is 0.526 bits per heavy atom. The smallest absolute Gasteiger partial charge is 0.143 e. The summed E-state index contributed by atoms with van der Waals surface area (Å²) in [5.74, 6) is 0. The van der Waals surface area contributed by atoms with Crippen molar-refractivity contribution in [2.24, 2.45) is 5.41 Å². The fourth-order valence-corrected chi connectivity index (χ4v) is 1.30. The summed E-state index contributed by atoms with van der Waals surface area (Å²) in [6.07, 6.45) is 0. The first kappa shape index (κ1) is 23.7. The first-order valence-corrected chi connectivity index (χ1v) is 4.99. The van der Waals surface area contributed by atoms with Gasteiger partial charge in [-0.3, -0.25) is 0 Å². The number of rotatable bonds is 12. The maximum absolute atomic E-state index is 8.61. The van der Waals surface area contributed by atoms with Crippen LogP contribution in [0.4, 0.5) is 0 Å². The lowest BCUT2D eigenvalue weighted by Gasteiger charge is -2.31. The summed E-state index contributed by atoms with van der Waals surface area (Å²) in [7, 11) is 0. The molecule has 0 atom stereocenters. The molecule has 0 aliphatic carbocycles. The molecule has 0 saturated heterocycles. The van der Waals surface area contributed by atoms with E-state index in [0.717, 1.165) is 0 Å². The quantitative estimate of drug-likeness (QED) is 0.342. The molecule has 0 aromatic carbocycles. The second-order valence-corrected chi connectivity index (χ2v) is 3.41. The fourth-order valence-electron chi connectivity index (χ4n) is 1.30. The Morgan fingerprint density at radius 3 is 0.895 bits per heavy atom. The zero-order valence-corrected chi connectivity index (χ0v) is 9.58. The van der Waals surface area contributed by atoms with Crippen molar-refractivity contribution in [3.8, 4) is 0 Å². The Balaban J connectivity index is -0.00000128. The summed E-state index contributed by atoms with van der Waals surface area (Å²) in [4.78, 5) is 0. The lowest BCUT2D eigenvalue weighted by atomic mass is 9.92. The SMILES string of the molecule is C.C.OCOCC(COCO)(COCO)COCO. The van der Waals surface area contributed by atoms with E-state index < -0.39 is 32.6 Å². The summed E-state index contributed by atoms with van der Waals surface area (Å²) in [6.45, 7) is -1.82. The van der Waals surface area contributed by atoms with E-state index in [0.29, 0.717) is 0 Å². The van der Waals surface area contributed by atoms with E-state index in [4.69, 9.17) is 39.4 Å². The van der Waals surface area contributed by atoms with E-state index in [1.165, 1.54) is 0 Å². The van der Waals surface area contributed by atoms with Gasteiger partial charge in [-0.25, -0.2) is 0 Å². The number of aliphatic hydroxyl groups is 4. The lowest BCUT2D eigenvalue weighted by Crippen LogP contribution is -2.42. The average molecular weight is 288 g/mol. The standard InChI is InChI=1S/C9H20O8.2CH4/c10-5-14-1-9(2-15-6-11,3-16-7-12)4-17-8-13;;/h10-13H,1-8H2;2*1H4. The highest BCUT2D eigenvalue weighted by molar-refractivity contribution is 4.78. The largest absolute Gasteiger partial charge is 0.371 e. The van der Waals surface area contributed by atoms with Gasteiger partial charge in [0.25, 0.3) is 0 Å². The summed E-state index contributed by atoms with van der Waals surface area (Å²) >= 11 is 0. The van der Waals surface area contributed by atoms with Crippen molar-refractivity contribution in [3.63, 3.8) is 0 Å². The molecule has 8 heteroatoms. The van der Waals surface area contributed by atoms with E-state index >= 15 is 0 Å². The number of hydrogen-bond donors (Lipinski definition) is 4. The van der Waals surface area contributed by atoms with Crippen molar-refractivity contribution >= 4 is 0 Å². The first-order chi connectivity index (χ1) is 8.24. The van der Waals surface area contributed by atoms with Gasteiger partial charge in [0.1, 0.15) is 27.2 Å². The Hall–Kier alpha value is -0.320. The van der Waals surface area contributed by atoms with E-state index in [9.17, 15) is 0 Å². The van der Waals surface area contributed by atoms with Gasteiger partial charge in [0, 0.05) is 0 Å². The monoisotopic (exact) mass is 288 g/mol.